The number of hydrazone groups is 2. The van der Waals surface area contributed by atoms with Crippen LogP contribution in [0.15, 0.2) is 58.7 Å². The minimum absolute atomic E-state index is 0.0342. The fourth-order valence-corrected chi connectivity index (χ4v) is 1.82. The molecule has 2 aromatic carbocycles. The highest BCUT2D eigenvalue weighted by molar-refractivity contribution is 5.86. The second-order valence-corrected chi connectivity index (χ2v) is 5.27. The summed E-state index contributed by atoms with van der Waals surface area (Å²) in [6.07, 6.45) is 2.79. The minimum atomic E-state index is -0.405. The molecule has 0 aliphatic rings. The molecule has 0 radical (unpaired) electrons. The molecule has 2 aromatic rings. The molecule has 134 valence electrons. The Morgan fingerprint density at radius 2 is 1.08 bits per heavy atom. The van der Waals surface area contributed by atoms with Crippen LogP contribution in [0, 0.1) is 0 Å². The largest absolute Gasteiger partial charge is 0.508 e. The molecule has 0 aromatic heterocycles. The first-order chi connectivity index (χ1) is 12.5. The lowest BCUT2D eigenvalue weighted by atomic mass is 10.2. The van der Waals surface area contributed by atoms with E-state index in [4.69, 9.17) is 10.2 Å². The Hall–Kier alpha value is -3.68. The Balaban J connectivity index is 1.67. The number of hydrogen-bond acceptors (Lipinski definition) is 6. The van der Waals surface area contributed by atoms with E-state index < -0.39 is 11.8 Å². The topological polar surface area (TPSA) is 123 Å². The van der Waals surface area contributed by atoms with Gasteiger partial charge in [-0.05, 0) is 59.7 Å². The molecule has 2 rings (SSSR count). The first-order valence-electron chi connectivity index (χ1n) is 7.75. The van der Waals surface area contributed by atoms with Gasteiger partial charge in [-0.1, -0.05) is 0 Å². The van der Waals surface area contributed by atoms with E-state index in [1.807, 2.05) is 0 Å². The maximum absolute atomic E-state index is 11.6. The molecule has 0 bridgehead atoms. The van der Waals surface area contributed by atoms with Crippen LogP contribution in [0.5, 0.6) is 11.5 Å². The van der Waals surface area contributed by atoms with Crippen molar-refractivity contribution >= 4 is 24.2 Å². The van der Waals surface area contributed by atoms with Crippen molar-refractivity contribution in [1.82, 2.24) is 10.9 Å². The molecule has 0 unspecified atom stereocenters. The predicted molar refractivity (Wildman–Crippen MR) is 96.9 cm³/mol. The Morgan fingerprint density at radius 3 is 1.42 bits per heavy atom. The number of carbonyl (C=O) groups is 2. The van der Waals surface area contributed by atoms with Gasteiger partial charge in [-0.25, -0.2) is 10.9 Å². The van der Waals surface area contributed by atoms with E-state index in [1.165, 1.54) is 36.7 Å². The number of aromatic hydroxyl groups is 2. The molecule has 2 amide bonds. The van der Waals surface area contributed by atoms with Crippen molar-refractivity contribution in [2.75, 3.05) is 0 Å². The Bertz CT molecular complexity index is 729. The zero-order valence-corrected chi connectivity index (χ0v) is 13.8. The SMILES string of the molecule is O=C(CCC(=O)N/N=C/c1ccc(O)cc1)N/N=C\c1ccc(O)cc1. The van der Waals surface area contributed by atoms with Gasteiger partial charge in [-0.15, -0.1) is 0 Å². The molecule has 0 aliphatic heterocycles. The van der Waals surface area contributed by atoms with Gasteiger partial charge in [0.25, 0.3) is 0 Å². The molecular formula is C18H18N4O4. The standard InChI is InChI=1S/C18H18N4O4/c23-15-5-1-13(2-6-15)11-19-21-17(25)9-10-18(26)22-20-12-14-3-7-16(24)8-4-14/h1-8,11-12,23-24H,9-10H2,(H,21,25)(H,22,26)/b19-11-,20-12+. The van der Waals surface area contributed by atoms with Crippen LogP contribution in [0.25, 0.3) is 0 Å². The number of hydrogen-bond donors (Lipinski definition) is 4. The molecule has 0 saturated heterocycles. The van der Waals surface area contributed by atoms with E-state index in [2.05, 4.69) is 21.1 Å². The Kier molecular flexibility index (Phi) is 6.87. The number of carbonyl (C=O) groups excluding carboxylic acids is 2. The summed E-state index contributed by atoms with van der Waals surface area (Å²) in [5, 5.41) is 25.9. The van der Waals surface area contributed by atoms with Crippen LogP contribution in [0.4, 0.5) is 0 Å². The fraction of sp³-hybridized carbons (Fsp3) is 0.111. The van der Waals surface area contributed by atoms with E-state index in [-0.39, 0.29) is 24.3 Å². The molecule has 4 N–H and O–H groups in total. The van der Waals surface area contributed by atoms with Gasteiger partial charge in [-0.3, -0.25) is 9.59 Å². The third-order valence-electron chi connectivity index (χ3n) is 3.17. The molecule has 0 saturated carbocycles. The number of nitrogens with one attached hydrogen (secondary N) is 2. The van der Waals surface area contributed by atoms with Crippen molar-refractivity contribution in [2.24, 2.45) is 10.2 Å². The molecular weight excluding hydrogens is 336 g/mol. The summed E-state index contributed by atoms with van der Waals surface area (Å²) >= 11 is 0. The summed E-state index contributed by atoms with van der Waals surface area (Å²) in [6.45, 7) is 0. The van der Waals surface area contributed by atoms with Crippen LogP contribution in [-0.4, -0.2) is 34.5 Å². The molecule has 8 heteroatoms. The third-order valence-corrected chi connectivity index (χ3v) is 3.17. The summed E-state index contributed by atoms with van der Waals surface area (Å²) in [5.41, 5.74) is 6.05. The second kappa shape index (κ2) is 9.58. The van der Waals surface area contributed by atoms with Gasteiger partial charge in [0.15, 0.2) is 0 Å². The third kappa shape index (κ3) is 6.83. The monoisotopic (exact) mass is 354 g/mol. The van der Waals surface area contributed by atoms with Crippen LogP contribution in [0.2, 0.25) is 0 Å². The highest BCUT2D eigenvalue weighted by Gasteiger charge is 2.05. The smallest absolute Gasteiger partial charge is 0.240 e. The van der Waals surface area contributed by atoms with Gasteiger partial charge in [0.1, 0.15) is 11.5 Å². The average molecular weight is 354 g/mol. The number of benzene rings is 2. The van der Waals surface area contributed by atoms with Crippen LogP contribution >= 0.6 is 0 Å². The first kappa shape index (κ1) is 18.7. The maximum Gasteiger partial charge on any atom is 0.240 e. The van der Waals surface area contributed by atoms with Crippen molar-refractivity contribution in [2.45, 2.75) is 12.8 Å². The molecule has 0 spiro atoms. The van der Waals surface area contributed by atoms with Gasteiger partial charge >= 0.3 is 0 Å². The van der Waals surface area contributed by atoms with E-state index >= 15 is 0 Å². The van der Waals surface area contributed by atoms with E-state index in [0.717, 1.165) is 0 Å². The zero-order valence-electron chi connectivity index (χ0n) is 13.8. The quantitative estimate of drug-likeness (QED) is 0.444. The van der Waals surface area contributed by atoms with Crippen LogP contribution < -0.4 is 10.9 Å². The van der Waals surface area contributed by atoms with Crippen molar-refractivity contribution in [3.63, 3.8) is 0 Å². The van der Waals surface area contributed by atoms with E-state index in [9.17, 15) is 9.59 Å². The lowest BCUT2D eigenvalue weighted by molar-refractivity contribution is -0.126. The van der Waals surface area contributed by atoms with Crippen molar-refractivity contribution < 1.29 is 19.8 Å². The van der Waals surface area contributed by atoms with Gasteiger partial charge in [0.05, 0.1) is 12.4 Å². The molecule has 0 aliphatic carbocycles. The number of nitrogens with zero attached hydrogens (tertiary/aromatic N) is 2. The Labute approximate surface area is 149 Å². The molecule has 0 heterocycles. The zero-order chi connectivity index (χ0) is 18.8. The average Bonchev–Trinajstić information content (AvgIpc) is 2.63. The van der Waals surface area contributed by atoms with Crippen molar-refractivity contribution in [3.05, 3.63) is 59.7 Å². The van der Waals surface area contributed by atoms with Gasteiger partial charge in [-0.2, -0.15) is 10.2 Å². The van der Waals surface area contributed by atoms with Crippen LogP contribution in [0.3, 0.4) is 0 Å². The summed E-state index contributed by atoms with van der Waals surface area (Å²) in [4.78, 5) is 23.2. The maximum atomic E-state index is 11.6. The van der Waals surface area contributed by atoms with E-state index in [0.29, 0.717) is 11.1 Å². The van der Waals surface area contributed by atoms with Crippen molar-refractivity contribution in [3.8, 4) is 11.5 Å². The van der Waals surface area contributed by atoms with Gasteiger partial charge < -0.3 is 10.2 Å². The van der Waals surface area contributed by atoms with Gasteiger partial charge in [0.2, 0.25) is 11.8 Å². The number of phenolic OH excluding ortho intramolecular Hbond substituents is 2. The Morgan fingerprint density at radius 1 is 0.731 bits per heavy atom. The lowest BCUT2D eigenvalue weighted by Gasteiger charge is -2.00. The highest BCUT2D eigenvalue weighted by atomic mass is 16.3. The number of phenols is 2. The number of amides is 2. The molecule has 8 nitrogen and oxygen atoms in total. The number of rotatable bonds is 7. The summed E-state index contributed by atoms with van der Waals surface area (Å²) in [5.74, 6) is -0.522. The van der Waals surface area contributed by atoms with Crippen molar-refractivity contribution in [1.29, 1.82) is 0 Å². The highest BCUT2D eigenvalue weighted by Crippen LogP contribution is 2.08. The van der Waals surface area contributed by atoms with E-state index in [1.54, 1.807) is 24.3 Å². The predicted octanol–water partition coefficient (Wildman–Crippen LogP) is 1.48. The minimum Gasteiger partial charge on any atom is -0.508 e. The fourth-order valence-electron chi connectivity index (χ4n) is 1.82. The van der Waals surface area contributed by atoms with Crippen LogP contribution in [0.1, 0.15) is 24.0 Å². The molecule has 0 atom stereocenters. The molecule has 26 heavy (non-hydrogen) atoms. The van der Waals surface area contributed by atoms with Gasteiger partial charge in [0, 0.05) is 12.8 Å². The van der Waals surface area contributed by atoms with Crippen LogP contribution in [-0.2, 0) is 9.59 Å². The molecule has 0 fully saturated rings. The normalized spacial score (nSPS) is 10.9. The summed E-state index contributed by atoms with van der Waals surface area (Å²) in [7, 11) is 0. The second-order valence-electron chi connectivity index (χ2n) is 5.27. The lowest BCUT2D eigenvalue weighted by Crippen LogP contribution is -2.22. The first-order valence-corrected chi connectivity index (χ1v) is 7.75. The summed E-state index contributed by atoms with van der Waals surface area (Å²) < 4.78 is 0. The summed E-state index contributed by atoms with van der Waals surface area (Å²) in [6, 6.07) is 12.6.